The number of benzene rings is 2. The Hall–Kier alpha value is -2.87. The highest BCUT2D eigenvalue weighted by atomic mass is 32.2. The smallest absolute Gasteiger partial charge is 0.284 e. The second-order valence-electron chi connectivity index (χ2n) is 8.76. The van der Waals surface area contributed by atoms with Gasteiger partial charge in [-0.3, -0.25) is 4.79 Å². The average molecular weight is 470 g/mol. The highest BCUT2D eigenvalue weighted by Crippen LogP contribution is 2.25. The van der Waals surface area contributed by atoms with Crippen LogP contribution in [0.3, 0.4) is 0 Å². The zero-order valence-corrected chi connectivity index (χ0v) is 19.8. The van der Waals surface area contributed by atoms with Crippen LogP contribution < -0.4 is 10.1 Å². The van der Waals surface area contributed by atoms with E-state index in [9.17, 15) is 13.2 Å². The number of likely N-dealkylation sites (tertiary alicyclic amines) is 1. The van der Waals surface area contributed by atoms with Gasteiger partial charge in [-0.15, -0.1) is 4.40 Å². The van der Waals surface area contributed by atoms with Crippen LogP contribution in [0.25, 0.3) is 0 Å². The molecule has 0 bridgehead atoms. The SMILES string of the molecule is CN1CCC/C1=N\S(=O)(=O)c1cccc(NC(=O)CCc2cccc(OC3CCCC3)c2)c1. The summed E-state index contributed by atoms with van der Waals surface area (Å²) >= 11 is 0. The summed E-state index contributed by atoms with van der Waals surface area (Å²) in [6.45, 7) is 0.806. The number of ether oxygens (including phenoxy) is 1. The minimum Gasteiger partial charge on any atom is -0.490 e. The lowest BCUT2D eigenvalue weighted by Gasteiger charge is -2.14. The molecule has 4 rings (SSSR count). The lowest BCUT2D eigenvalue weighted by Crippen LogP contribution is -2.20. The molecule has 0 spiro atoms. The standard InChI is InChI=1S/C25H31N3O4S/c1-28-16-6-13-24(28)27-33(30,31)23-12-5-8-20(18-23)26-25(29)15-14-19-7-4-11-22(17-19)32-21-9-2-3-10-21/h4-5,7-8,11-12,17-18,21H,2-3,6,9-10,13-16H2,1H3,(H,26,29)/b27-24+. The molecule has 1 heterocycles. The number of carbonyl (C=O) groups is 1. The van der Waals surface area contributed by atoms with Crippen molar-refractivity contribution in [3.63, 3.8) is 0 Å². The molecule has 1 saturated carbocycles. The molecule has 0 unspecified atom stereocenters. The summed E-state index contributed by atoms with van der Waals surface area (Å²) in [5.41, 5.74) is 1.48. The molecule has 1 amide bonds. The molecule has 1 saturated heterocycles. The van der Waals surface area contributed by atoms with E-state index in [2.05, 4.69) is 9.71 Å². The Kier molecular flexibility index (Phi) is 7.33. The zero-order chi connectivity index (χ0) is 23.3. The Labute approximate surface area is 195 Å². The lowest BCUT2D eigenvalue weighted by molar-refractivity contribution is -0.116. The molecule has 8 heteroatoms. The molecular weight excluding hydrogens is 438 g/mol. The first-order chi connectivity index (χ1) is 15.9. The van der Waals surface area contributed by atoms with Crippen LogP contribution in [-0.2, 0) is 21.2 Å². The van der Waals surface area contributed by atoms with Gasteiger partial charge in [-0.1, -0.05) is 18.2 Å². The molecule has 1 aliphatic heterocycles. The van der Waals surface area contributed by atoms with Gasteiger partial charge in [-0.05, 0) is 74.4 Å². The van der Waals surface area contributed by atoms with Gasteiger partial charge in [0.15, 0.2) is 0 Å². The van der Waals surface area contributed by atoms with Crippen molar-refractivity contribution < 1.29 is 17.9 Å². The van der Waals surface area contributed by atoms with Crippen LogP contribution in [0.1, 0.15) is 50.5 Å². The Morgan fingerprint density at radius 1 is 1.12 bits per heavy atom. The highest BCUT2D eigenvalue weighted by molar-refractivity contribution is 7.90. The monoisotopic (exact) mass is 469 g/mol. The summed E-state index contributed by atoms with van der Waals surface area (Å²) in [5.74, 6) is 1.25. The Balaban J connectivity index is 1.34. The normalized spacial score (nSPS) is 18.1. The maximum Gasteiger partial charge on any atom is 0.284 e. The molecule has 0 atom stereocenters. The molecule has 2 aliphatic rings. The van der Waals surface area contributed by atoms with Crippen molar-refractivity contribution in [2.75, 3.05) is 18.9 Å². The number of rotatable bonds is 8. The molecule has 1 aliphatic carbocycles. The fraction of sp³-hybridized carbons (Fsp3) is 0.440. The first-order valence-electron chi connectivity index (χ1n) is 11.6. The average Bonchev–Trinajstić information content (AvgIpc) is 3.44. The van der Waals surface area contributed by atoms with Crippen LogP contribution in [0.5, 0.6) is 5.75 Å². The van der Waals surface area contributed by atoms with E-state index in [0.717, 1.165) is 37.1 Å². The van der Waals surface area contributed by atoms with Gasteiger partial charge < -0.3 is 15.0 Å². The molecule has 176 valence electrons. The predicted molar refractivity (Wildman–Crippen MR) is 129 cm³/mol. The quantitative estimate of drug-likeness (QED) is 0.619. The van der Waals surface area contributed by atoms with Crippen molar-refractivity contribution in [1.29, 1.82) is 0 Å². The van der Waals surface area contributed by atoms with Gasteiger partial charge in [0.25, 0.3) is 10.0 Å². The third-order valence-electron chi connectivity index (χ3n) is 6.12. The fourth-order valence-corrected chi connectivity index (χ4v) is 5.43. The first kappa shape index (κ1) is 23.3. The van der Waals surface area contributed by atoms with Crippen molar-refractivity contribution in [1.82, 2.24) is 4.90 Å². The van der Waals surface area contributed by atoms with Gasteiger partial charge in [-0.25, -0.2) is 0 Å². The second-order valence-corrected chi connectivity index (χ2v) is 10.4. The van der Waals surface area contributed by atoms with E-state index in [4.69, 9.17) is 4.74 Å². The van der Waals surface area contributed by atoms with E-state index < -0.39 is 10.0 Å². The molecular formula is C25H31N3O4S. The lowest BCUT2D eigenvalue weighted by atomic mass is 10.1. The number of nitrogens with one attached hydrogen (secondary N) is 1. The van der Waals surface area contributed by atoms with Gasteiger partial charge in [0.05, 0.1) is 11.0 Å². The summed E-state index contributed by atoms with van der Waals surface area (Å²) in [6, 6.07) is 14.2. The minimum atomic E-state index is -3.82. The van der Waals surface area contributed by atoms with E-state index >= 15 is 0 Å². The van der Waals surface area contributed by atoms with Crippen molar-refractivity contribution in [3.8, 4) is 5.75 Å². The number of amidine groups is 1. The summed E-state index contributed by atoms with van der Waals surface area (Å²) in [6.07, 6.45) is 7.36. The molecule has 1 N–H and O–H groups in total. The molecule has 0 aromatic heterocycles. The van der Waals surface area contributed by atoms with Crippen molar-refractivity contribution >= 4 is 27.5 Å². The van der Waals surface area contributed by atoms with Crippen LogP contribution >= 0.6 is 0 Å². The minimum absolute atomic E-state index is 0.0739. The van der Waals surface area contributed by atoms with Crippen LogP contribution in [-0.4, -0.2) is 44.8 Å². The summed E-state index contributed by atoms with van der Waals surface area (Å²) in [4.78, 5) is 14.4. The number of hydrogen-bond acceptors (Lipinski definition) is 4. The third kappa shape index (κ3) is 6.35. The first-order valence-corrected chi connectivity index (χ1v) is 13.0. The number of aryl methyl sites for hydroxylation is 1. The molecule has 2 aromatic carbocycles. The number of carbonyl (C=O) groups excluding carboxylic acids is 1. The predicted octanol–water partition coefficient (Wildman–Crippen LogP) is 4.39. The van der Waals surface area contributed by atoms with Crippen LogP contribution in [0.4, 0.5) is 5.69 Å². The Morgan fingerprint density at radius 2 is 1.91 bits per heavy atom. The topological polar surface area (TPSA) is 88.1 Å². The number of anilines is 1. The van der Waals surface area contributed by atoms with Crippen molar-refractivity contribution in [2.45, 2.75) is 62.4 Å². The summed E-state index contributed by atoms with van der Waals surface area (Å²) in [7, 11) is -1.98. The van der Waals surface area contributed by atoms with Gasteiger partial charge in [0.1, 0.15) is 11.6 Å². The summed E-state index contributed by atoms with van der Waals surface area (Å²) < 4.78 is 35.4. The van der Waals surface area contributed by atoms with Crippen molar-refractivity contribution in [2.24, 2.45) is 4.40 Å². The molecule has 2 aromatic rings. The van der Waals surface area contributed by atoms with E-state index in [1.54, 1.807) is 12.1 Å². The van der Waals surface area contributed by atoms with Crippen molar-refractivity contribution in [3.05, 3.63) is 54.1 Å². The number of sulfonamides is 1. The Bertz CT molecular complexity index is 1120. The second kappa shape index (κ2) is 10.4. The van der Waals surface area contributed by atoms with E-state index in [1.807, 2.05) is 36.2 Å². The van der Waals surface area contributed by atoms with Gasteiger partial charge in [-0.2, -0.15) is 8.42 Å². The largest absolute Gasteiger partial charge is 0.490 e. The number of amides is 1. The van der Waals surface area contributed by atoms with Crippen LogP contribution in [0.15, 0.2) is 57.8 Å². The highest BCUT2D eigenvalue weighted by Gasteiger charge is 2.21. The summed E-state index contributed by atoms with van der Waals surface area (Å²) in [5, 5.41) is 2.81. The molecule has 7 nitrogen and oxygen atoms in total. The van der Waals surface area contributed by atoms with E-state index in [1.165, 1.54) is 25.0 Å². The maximum absolute atomic E-state index is 12.7. The Morgan fingerprint density at radius 3 is 2.67 bits per heavy atom. The fourth-order valence-electron chi connectivity index (χ4n) is 4.29. The van der Waals surface area contributed by atoms with Crippen LogP contribution in [0.2, 0.25) is 0 Å². The maximum atomic E-state index is 12.7. The number of nitrogens with zero attached hydrogens (tertiary/aromatic N) is 2. The molecule has 0 radical (unpaired) electrons. The molecule has 33 heavy (non-hydrogen) atoms. The zero-order valence-electron chi connectivity index (χ0n) is 19.0. The van der Waals surface area contributed by atoms with Gasteiger partial charge >= 0.3 is 0 Å². The number of hydrogen-bond donors (Lipinski definition) is 1. The van der Waals surface area contributed by atoms with Crippen LogP contribution in [0, 0.1) is 0 Å². The third-order valence-corrected chi connectivity index (χ3v) is 7.42. The van der Waals surface area contributed by atoms with E-state index in [0.29, 0.717) is 30.5 Å². The van der Waals surface area contributed by atoms with E-state index in [-0.39, 0.29) is 17.2 Å². The van der Waals surface area contributed by atoms with Gasteiger partial charge in [0, 0.05) is 32.1 Å². The molecule has 2 fully saturated rings. The van der Waals surface area contributed by atoms with Gasteiger partial charge in [0.2, 0.25) is 5.91 Å².